The van der Waals surface area contributed by atoms with Crippen molar-refractivity contribution in [2.24, 2.45) is 11.7 Å². The maximum atomic E-state index is 13.7. The Labute approximate surface area is 112 Å². The highest BCUT2D eigenvalue weighted by atomic mass is 19.1. The van der Waals surface area contributed by atoms with E-state index in [9.17, 15) is 13.9 Å². The van der Waals surface area contributed by atoms with Crippen molar-refractivity contribution in [2.75, 3.05) is 0 Å². The molecular weight excluding hydrogens is 248 g/mol. The standard InChI is InChI=1S/C15H21F2NO/c1-14(2,18)13-4-3-7-15(13,19)9-10-8-11(16)5-6-12(10)17/h5-6,8,13,19H,3-4,7,9,18H2,1-2H3. The summed E-state index contributed by atoms with van der Waals surface area (Å²) < 4.78 is 26.9. The van der Waals surface area contributed by atoms with Gasteiger partial charge in [0.2, 0.25) is 0 Å². The number of aliphatic hydroxyl groups is 1. The van der Waals surface area contributed by atoms with Gasteiger partial charge < -0.3 is 10.8 Å². The highest BCUT2D eigenvalue weighted by Gasteiger charge is 2.47. The second-order valence-electron chi connectivity index (χ2n) is 6.28. The molecule has 1 aromatic carbocycles. The zero-order valence-corrected chi connectivity index (χ0v) is 11.4. The smallest absolute Gasteiger partial charge is 0.126 e. The van der Waals surface area contributed by atoms with Gasteiger partial charge in [0.25, 0.3) is 0 Å². The molecule has 106 valence electrons. The normalized spacial score (nSPS) is 27.8. The van der Waals surface area contributed by atoms with Crippen molar-refractivity contribution in [3.05, 3.63) is 35.4 Å². The molecule has 3 N–H and O–H groups in total. The van der Waals surface area contributed by atoms with E-state index < -0.39 is 22.8 Å². The van der Waals surface area contributed by atoms with E-state index in [2.05, 4.69) is 0 Å². The van der Waals surface area contributed by atoms with Gasteiger partial charge in [0.15, 0.2) is 0 Å². The van der Waals surface area contributed by atoms with Gasteiger partial charge in [-0.3, -0.25) is 0 Å². The Bertz CT molecular complexity index is 470. The topological polar surface area (TPSA) is 46.2 Å². The number of hydrogen-bond donors (Lipinski definition) is 2. The highest BCUT2D eigenvalue weighted by Crippen LogP contribution is 2.43. The molecule has 2 nitrogen and oxygen atoms in total. The van der Waals surface area contributed by atoms with Crippen molar-refractivity contribution >= 4 is 0 Å². The van der Waals surface area contributed by atoms with Crippen LogP contribution < -0.4 is 5.73 Å². The monoisotopic (exact) mass is 269 g/mol. The number of benzene rings is 1. The van der Waals surface area contributed by atoms with Crippen LogP contribution in [0.2, 0.25) is 0 Å². The average molecular weight is 269 g/mol. The van der Waals surface area contributed by atoms with Gasteiger partial charge >= 0.3 is 0 Å². The number of halogens is 2. The lowest BCUT2D eigenvalue weighted by atomic mass is 9.75. The lowest BCUT2D eigenvalue weighted by Gasteiger charge is -2.39. The highest BCUT2D eigenvalue weighted by molar-refractivity contribution is 5.22. The summed E-state index contributed by atoms with van der Waals surface area (Å²) in [7, 11) is 0. The van der Waals surface area contributed by atoms with Crippen LogP contribution in [0.1, 0.15) is 38.7 Å². The zero-order chi connectivity index (χ0) is 14.3. The minimum atomic E-state index is -1.05. The quantitative estimate of drug-likeness (QED) is 0.886. The van der Waals surface area contributed by atoms with Gasteiger partial charge in [0, 0.05) is 17.9 Å². The molecule has 19 heavy (non-hydrogen) atoms. The van der Waals surface area contributed by atoms with E-state index in [0.29, 0.717) is 6.42 Å². The molecule has 0 saturated heterocycles. The number of hydrogen-bond acceptors (Lipinski definition) is 2. The maximum absolute atomic E-state index is 13.7. The summed E-state index contributed by atoms with van der Waals surface area (Å²) in [6.45, 7) is 3.74. The molecule has 4 heteroatoms. The molecular formula is C15H21F2NO. The SMILES string of the molecule is CC(C)(N)C1CCCC1(O)Cc1cc(F)ccc1F. The van der Waals surface area contributed by atoms with E-state index in [-0.39, 0.29) is 17.9 Å². The fourth-order valence-corrected chi connectivity index (χ4v) is 3.34. The van der Waals surface area contributed by atoms with Gasteiger partial charge in [0.05, 0.1) is 5.60 Å². The average Bonchev–Trinajstić information content (AvgIpc) is 2.65. The summed E-state index contributed by atoms with van der Waals surface area (Å²) in [5, 5.41) is 10.8. The Morgan fingerprint density at radius 2 is 2.11 bits per heavy atom. The Kier molecular flexibility index (Phi) is 3.67. The van der Waals surface area contributed by atoms with Crippen LogP contribution in [-0.2, 0) is 6.42 Å². The lowest BCUT2D eigenvalue weighted by molar-refractivity contribution is -0.0220. The fourth-order valence-electron chi connectivity index (χ4n) is 3.34. The predicted octanol–water partition coefficient (Wildman–Crippen LogP) is 2.78. The third kappa shape index (κ3) is 2.95. The van der Waals surface area contributed by atoms with E-state index >= 15 is 0 Å². The van der Waals surface area contributed by atoms with Gasteiger partial charge in [0.1, 0.15) is 11.6 Å². The molecule has 0 amide bonds. The second-order valence-corrected chi connectivity index (χ2v) is 6.28. The molecule has 1 aliphatic rings. The molecule has 0 radical (unpaired) electrons. The first-order valence-corrected chi connectivity index (χ1v) is 6.67. The van der Waals surface area contributed by atoms with E-state index in [1.165, 1.54) is 0 Å². The minimum Gasteiger partial charge on any atom is -0.389 e. The Morgan fingerprint density at radius 3 is 2.74 bits per heavy atom. The summed E-state index contributed by atoms with van der Waals surface area (Å²) in [5.41, 5.74) is 4.75. The van der Waals surface area contributed by atoms with Gasteiger partial charge in [-0.1, -0.05) is 6.42 Å². The van der Waals surface area contributed by atoms with Crippen LogP contribution in [0.4, 0.5) is 8.78 Å². The zero-order valence-electron chi connectivity index (χ0n) is 11.4. The van der Waals surface area contributed by atoms with Crippen LogP contribution >= 0.6 is 0 Å². The predicted molar refractivity (Wildman–Crippen MR) is 70.6 cm³/mol. The van der Waals surface area contributed by atoms with Crippen molar-refractivity contribution in [1.82, 2.24) is 0 Å². The molecule has 0 aromatic heterocycles. The molecule has 2 atom stereocenters. The van der Waals surface area contributed by atoms with Gasteiger partial charge in [-0.15, -0.1) is 0 Å². The first-order chi connectivity index (χ1) is 8.72. The molecule has 2 rings (SSSR count). The molecule has 2 unspecified atom stereocenters. The van der Waals surface area contributed by atoms with Crippen LogP contribution in [0.5, 0.6) is 0 Å². The fraction of sp³-hybridized carbons (Fsp3) is 0.600. The Morgan fingerprint density at radius 1 is 1.42 bits per heavy atom. The van der Waals surface area contributed by atoms with Gasteiger partial charge in [-0.2, -0.15) is 0 Å². The third-order valence-electron chi connectivity index (χ3n) is 4.15. The maximum Gasteiger partial charge on any atom is 0.126 e. The molecule has 1 aliphatic carbocycles. The van der Waals surface area contributed by atoms with Crippen LogP contribution in [0.25, 0.3) is 0 Å². The van der Waals surface area contributed by atoms with Gasteiger partial charge in [-0.25, -0.2) is 8.78 Å². The number of rotatable bonds is 3. The van der Waals surface area contributed by atoms with E-state index in [4.69, 9.17) is 5.73 Å². The van der Waals surface area contributed by atoms with Crippen LogP contribution in [0, 0.1) is 17.6 Å². The Hall–Kier alpha value is -1.00. The minimum absolute atomic E-state index is 0.109. The molecule has 0 heterocycles. The van der Waals surface area contributed by atoms with Crippen molar-refractivity contribution in [3.63, 3.8) is 0 Å². The summed E-state index contributed by atoms with van der Waals surface area (Å²) >= 11 is 0. The Balaban J connectivity index is 2.28. The van der Waals surface area contributed by atoms with Crippen molar-refractivity contribution < 1.29 is 13.9 Å². The summed E-state index contributed by atoms with van der Waals surface area (Å²) in [5.74, 6) is -1.07. The molecule has 1 saturated carbocycles. The molecule has 0 bridgehead atoms. The third-order valence-corrected chi connectivity index (χ3v) is 4.15. The molecule has 0 spiro atoms. The molecule has 0 aliphatic heterocycles. The second kappa shape index (κ2) is 4.84. The first-order valence-electron chi connectivity index (χ1n) is 6.67. The lowest BCUT2D eigenvalue weighted by Crippen LogP contribution is -2.52. The summed E-state index contributed by atoms with van der Waals surface area (Å²) in [6.07, 6.45) is 2.37. The summed E-state index contributed by atoms with van der Waals surface area (Å²) in [4.78, 5) is 0. The molecule has 1 aromatic rings. The van der Waals surface area contributed by atoms with Crippen LogP contribution in [0.3, 0.4) is 0 Å². The first kappa shape index (κ1) is 14.4. The van der Waals surface area contributed by atoms with Gasteiger partial charge in [-0.05, 0) is 50.5 Å². The van der Waals surface area contributed by atoms with Crippen molar-refractivity contribution in [2.45, 2.75) is 50.7 Å². The van der Waals surface area contributed by atoms with Crippen molar-refractivity contribution in [3.8, 4) is 0 Å². The largest absolute Gasteiger partial charge is 0.389 e. The number of nitrogens with two attached hydrogens (primary N) is 1. The van der Waals surface area contributed by atoms with Crippen LogP contribution in [-0.4, -0.2) is 16.2 Å². The van der Waals surface area contributed by atoms with E-state index in [1.54, 1.807) is 0 Å². The van der Waals surface area contributed by atoms with E-state index in [0.717, 1.165) is 31.0 Å². The molecule has 1 fully saturated rings. The summed E-state index contributed by atoms with van der Waals surface area (Å²) in [6, 6.07) is 3.35. The van der Waals surface area contributed by atoms with Crippen LogP contribution in [0.15, 0.2) is 18.2 Å². The van der Waals surface area contributed by atoms with E-state index in [1.807, 2.05) is 13.8 Å². The van der Waals surface area contributed by atoms with Crippen molar-refractivity contribution in [1.29, 1.82) is 0 Å².